The van der Waals surface area contributed by atoms with Crippen LogP contribution in [0, 0.1) is 6.92 Å². The molecule has 0 unspecified atom stereocenters. The zero-order valence-corrected chi connectivity index (χ0v) is 13.8. The van der Waals surface area contributed by atoms with Gasteiger partial charge in [-0.25, -0.2) is 4.98 Å². The number of H-pyrrole nitrogens is 1. The molecule has 0 saturated carbocycles. The number of hydrogen-bond acceptors (Lipinski definition) is 6. The number of carbonyl (C=O) groups is 1. The minimum atomic E-state index is -0.293. The summed E-state index contributed by atoms with van der Waals surface area (Å²) in [4.78, 5) is 32.8. The van der Waals surface area contributed by atoms with Crippen molar-refractivity contribution in [1.82, 2.24) is 9.97 Å². The smallest absolute Gasteiger partial charge is 0.259 e. The molecule has 122 valence electrons. The average molecular weight is 342 g/mol. The molecule has 0 radical (unpaired) electrons. The number of aromatic nitrogens is 2. The lowest BCUT2D eigenvalue weighted by atomic mass is 10.1. The molecule has 6 nitrogen and oxygen atoms in total. The number of thiophene rings is 1. The highest BCUT2D eigenvalue weighted by Crippen LogP contribution is 2.26. The molecule has 24 heavy (non-hydrogen) atoms. The van der Waals surface area contributed by atoms with Gasteiger partial charge in [0.2, 0.25) is 0 Å². The van der Waals surface area contributed by atoms with Crippen LogP contribution in [0.15, 0.2) is 35.1 Å². The van der Waals surface area contributed by atoms with Crippen LogP contribution in [0.4, 0.5) is 0 Å². The number of fused-ring (bicyclic) bond motifs is 1. The molecule has 2 N–H and O–H groups in total. The molecule has 2 aromatic heterocycles. The number of aromatic amines is 1. The number of phenols is 1. The first-order chi connectivity index (χ1) is 11.5. The van der Waals surface area contributed by atoms with Gasteiger partial charge in [0.1, 0.15) is 10.7 Å². The van der Waals surface area contributed by atoms with Crippen molar-refractivity contribution in [2.24, 2.45) is 0 Å². The Morgan fingerprint density at radius 3 is 2.92 bits per heavy atom. The van der Waals surface area contributed by atoms with Gasteiger partial charge in [-0.1, -0.05) is 0 Å². The van der Waals surface area contributed by atoms with Crippen molar-refractivity contribution < 1.29 is 14.6 Å². The third kappa shape index (κ3) is 3.07. The fraction of sp³-hybridized carbons (Fsp3) is 0.118. The maximum absolute atomic E-state index is 12.2. The molecule has 7 heteroatoms. The van der Waals surface area contributed by atoms with Crippen LogP contribution in [-0.4, -0.2) is 28.0 Å². The van der Waals surface area contributed by atoms with Gasteiger partial charge in [-0.15, -0.1) is 11.3 Å². The van der Waals surface area contributed by atoms with Crippen molar-refractivity contribution in [3.8, 4) is 11.5 Å². The first-order valence-corrected chi connectivity index (χ1v) is 7.89. The van der Waals surface area contributed by atoms with E-state index in [4.69, 9.17) is 4.74 Å². The van der Waals surface area contributed by atoms with Crippen molar-refractivity contribution in [2.75, 3.05) is 7.11 Å². The number of aryl methyl sites for hydroxylation is 1. The van der Waals surface area contributed by atoms with Gasteiger partial charge >= 0.3 is 0 Å². The SMILES string of the molecule is COc1cc(C(=O)/C=C/c2nc3sc(C)cc3c(=O)[nH]2)ccc1O. The number of hydrogen-bond donors (Lipinski definition) is 2. The Kier molecular flexibility index (Phi) is 4.18. The zero-order chi connectivity index (χ0) is 17.3. The summed E-state index contributed by atoms with van der Waals surface area (Å²) in [7, 11) is 1.41. The van der Waals surface area contributed by atoms with E-state index in [1.807, 2.05) is 6.92 Å². The molecule has 0 amide bonds. The molecule has 3 aromatic rings. The lowest BCUT2D eigenvalue weighted by Crippen LogP contribution is -2.08. The predicted octanol–water partition coefficient (Wildman–Crippen LogP) is 2.90. The molecule has 0 aliphatic carbocycles. The minimum Gasteiger partial charge on any atom is -0.504 e. The van der Waals surface area contributed by atoms with Gasteiger partial charge in [0, 0.05) is 10.4 Å². The predicted molar refractivity (Wildman–Crippen MR) is 93.0 cm³/mol. The number of allylic oxidation sites excluding steroid dienone is 1. The number of phenolic OH excluding ortho intramolecular Hbond substituents is 1. The molecule has 1 aromatic carbocycles. The highest BCUT2D eigenvalue weighted by molar-refractivity contribution is 7.18. The molecule has 0 atom stereocenters. The summed E-state index contributed by atoms with van der Waals surface area (Å²) in [5.74, 6) is 0.200. The number of methoxy groups -OCH3 is 1. The summed E-state index contributed by atoms with van der Waals surface area (Å²) in [6.07, 6.45) is 2.77. The third-order valence-electron chi connectivity index (χ3n) is 3.40. The Labute approximate surface area is 141 Å². The van der Waals surface area contributed by atoms with Crippen molar-refractivity contribution >= 4 is 33.4 Å². The number of nitrogens with zero attached hydrogens (tertiary/aromatic N) is 1. The third-order valence-corrected chi connectivity index (χ3v) is 4.35. The van der Waals surface area contributed by atoms with Crippen LogP contribution in [0.1, 0.15) is 21.1 Å². The van der Waals surface area contributed by atoms with Gasteiger partial charge in [-0.3, -0.25) is 9.59 Å². The molecule has 0 bridgehead atoms. The number of aromatic hydroxyl groups is 1. The Hall–Kier alpha value is -2.93. The average Bonchev–Trinajstić information content (AvgIpc) is 2.94. The van der Waals surface area contributed by atoms with E-state index < -0.39 is 0 Å². The second-order valence-electron chi connectivity index (χ2n) is 5.11. The Morgan fingerprint density at radius 2 is 2.17 bits per heavy atom. The van der Waals surface area contributed by atoms with Crippen LogP contribution in [0.3, 0.4) is 0 Å². The van der Waals surface area contributed by atoms with Gasteiger partial charge in [-0.05, 0) is 43.3 Å². The van der Waals surface area contributed by atoms with E-state index in [2.05, 4.69) is 9.97 Å². The maximum Gasteiger partial charge on any atom is 0.259 e. The Balaban J connectivity index is 1.90. The van der Waals surface area contributed by atoms with Crippen LogP contribution in [0.5, 0.6) is 11.5 Å². The first-order valence-electron chi connectivity index (χ1n) is 7.08. The van der Waals surface area contributed by atoms with Crippen LogP contribution in [0.2, 0.25) is 0 Å². The van der Waals surface area contributed by atoms with E-state index in [1.54, 1.807) is 6.07 Å². The van der Waals surface area contributed by atoms with E-state index in [0.717, 1.165) is 4.88 Å². The molecule has 2 heterocycles. The molecule has 0 spiro atoms. The molecular formula is C17H14N2O4S. The normalized spacial score (nSPS) is 11.2. The summed E-state index contributed by atoms with van der Waals surface area (Å²) in [6.45, 7) is 1.91. The van der Waals surface area contributed by atoms with Gasteiger partial charge in [0.25, 0.3) is 5.56 Å². The van der Waals surface area contributed by atoms with Crippen LogP contribution in [-0.2, 0) is 0 Å². The van der Waals surface area contributed by atoms with Crippen LogP contribution >= 0.6 is 11.3 Å². The van der Waals surface area contributed by atoms with Crippen molar-refractivity contribution in [1.29, 1.82) is 0 Å². The molecule has 0 fully saturated rings. The Bertz CT molecular complexity index is 1020. The lowest BCUT2D eigenvalue weighted by molar-refractivity contribution is 0.104. The summed E-state index contributed by atoms with van der Waals surface area (Å²) in [6, 6.07) is 6.12. The number of ether oxygens (including phenoxy) is 1. The number of benzene rings is 1. The maximum atomic E-state index is 12.2. The van der Waals surface area contributed by atoms with Crippen molar-refractivity contribution in [2.45, 2.75) is 6.92 Å². The molecule has 0 aliphatic rings. The number of ketones is 1. The topological polar surface area (TPSA) is 92.3 Å². The van der Waals surface area contributed by atoms with Gasteiger partial charge in [0.05, 0.1) is 12.5 Å². The quantitative estimate of drug-likeness (QED) is 0.562. The summed E-state index contributed by atoms with van der Waals surface area (Å²) in [5, 5.41) is 10.1. The van der Waals surface area contributed by atoms with Crippen molar-refractivity contribution in [3.63, 3.8) is 0 Å². The highest BCUT2D eigenvalue weighted by atomic mass is 32.1. The monoisotopic (exact) mass is 342 g/mol. The minimum absolute atomic E-state index is 0.0393. The molecular weight excluding hydrogens is 328 g/mol. The largest absolute Gasteiger partial charge is 0.504 e. The van der Waals surface area contributed by atoms with Crippen molar-refractivity contribution in [3.05, 3.63) is 57.0 Å². The zero-order valence-electron chi connectivity index (χ0n) is 13.0. The van der Waals surface area contributed by atoms with Gasteiger partial charge < -0.3 is 14.8 Å². The van der Waals surface area contributed by atoms with E-state index in [1.165, 1.54) is 48.8 Å². The first kappa shape index (κ1) is 15.9. The Morgan fingerprint density at radius 1 is 1.38 bits per heavy atom. The second-order valence-corrected chi connectivity index (χ2v) is 6.35. The van der Waals surface area contributed by atoms with Crippen LogP contribution < -0.4 is 10.3 Å². The molecule has 0 aliphatic heterocycles. The number of rotatable bonds is 4. The van der Waals surface area contributed by atoms with Crippen LogP contribution in [0.25, 0.3) is 16.3 Å². The van der Waals surface area contributed by atoms with Gasteiger partial charge in [-0.2, -0.15) is 0 Å². The molecule has 3 rings (SSSR count). The second kappa shape index (κ2) is 6.29. The number of nitrogens with one attached hydrogen (secondary N) is 1. The summed E-state index contributed by atoms with van der Waals surface area (Å²) < 4.78 is 4.98. The summed E-state index contributed by atoms with van der Waals surface area (Å²) >= 11 is 1.42. The number of carbonyl (C=O) groups excluding carboxylic acids is 1. The standard InChI is InChI=1S/C17H14N2O4S/c1-9-7-11-16(22)18-15(19-17(11)24-9)6-5-12(20)10-3-4-13(21)14(8-10)23-2/h3-8,21H,1-2H3,(H,18,19,22)/b6-5+. The van der Waals surface area contributed by atoms with E-state index >= 15 is 0 Å². The molecule has 0 saturated heterocycles. The van der Waals surface area contributed by atoms with Gasteiger partial charge in [0.15, 0.2) is 17.3 Å². The summed E-state index contributed by atoms with van der Waals surface area (Å²) in [5.41, 5.74) is 0.124. The fourth-order valence-corrected chi connectivity index (χ4v) is 3.12. The van der Waals surface area contributed by atoms with E-state index in [-0.39, 0.29) is 22.8 Å². The fourth-order valence-electron chi connectivity index (χ4n) is 2.23. The lowest BCUT2D eigenvalue weighted by Gasteiger charge is -2.04. The van der Waals surface area contributed by atoms with E-state index in [9.17, 15) is 14.7 Å². The van der Waals surface area contributed by atoms with E-state index in [0.29, 0.717) is 21.6 Å². The highest BCUT2D eigenvalue weighted by Gasteiger charge is 2.09.